The smallest absolute Gasteiger partial charge is 0.231 e. The molecule has 0 aliphatic carbocycles. The molecular formula is C20H23ClN2O3. The van der Waals surface area contributed by atoms with E-state index in [1.165, 1.54) is 0 Å². The summed E-state index contributed by atoms with van der Waals surface area (Å²) < 4.78 is 5.97. The summed E-state index contributed by atoms with van der Waals surface area (Å²) in [6.45, 7) is 6.49. The van der Waals surface area contributed by atoms with E-state index in [4.69, 9.17) is 16.0 Å². The summed E-state index contributed by atoms with van der Waals surface area (Å²) in [5.74, 6) is 1.95. The lowest BCUT2D eigenvalue weighted by atomic mass is 9.95. The predicted molar refractivity (Wildman–Crippen MR) is 102 cm³/mol. The number of rotatable bonds is 4. The van der Waals surface area contributed by atoms with E-state index in [0.29, 0.717) is 13.1 Å². The molecule has 2 amide bonds. The minimum absolute atomic E-state index is 0.0818. The number of amides is 2. The van der Waals surface area contributed by atoms with E-state index in [2.05, 4.69) is 5.32 Å². The van der Waals surface area contributed by atoms with E-state index in [-0.39, 0.29) is 17.7 Å². The molecule has 26 heavy (non-hydrogen) atoms. The second kappa shape index (κ2) is 7.16. The largest absolute Gasteiger partial charge is 0.461 e. The van der Waals surface area contributed by atoms with Crippen LogP contribution in [0.4, 0.5) is 5.69 Å². The first-order chi connectivity index (χ1) is 12.3. The highest BCUT2D eigenvalue weighted by atomic mass is 35.5. The molecule has 0 radical (unpaired) electrons. The number of furan rings is 1. The summed E-state index contributed by atoms with van der Waals surface area (Å²) in [5, 5.41) is 2.88. The number of alkyl halides is 1. The van der Waals surface area contributed by atoms with Crippen LogP contribution in [0.5, 0.6) is 0 Å². The molecule has 1 N–H and O–H groups in total. The number of anilines is 1. The molecular weight excluding hydrogens is 352 g/mol. The van der Waals surface area contributed by atoms with E-state index >= 15 is 0 Å². The summed E-state index contributed by atoms with van der Waals surface area (Å²) in [6, 6.07) is 9.52. The van der Waals surface area contributed by atoms with Crippen LogP contribution >= 0.6 is 11.6 Å². The van der Waals surface area contributed by atoms with Crippen molar-refractivity contribution in [2.75, 3.05) is 17.7 Å². The van der Waals surface area contributed by atoms with Crippen LogP contribution in [0.3, 0.4) is 0 Å². The van der Waals surface area contributed by atoms with E-state index in [1.807, 2.05) is 35.2 Å². The van der Waals surface area contributed by atoms with Gasteiger partial charge in [-0.3, -0.25) is 9.59 Å². The maximum absolute atomic E-state index is 12.2. The SMILES string of the molecule is CC(=O)N1CCc2oc(-c3ccc(NC(=O)C(C)(C)CCl)cc3)cc2C1. The molecule has 0 spiro atoms. The summed E-state index contributed by atoms with van der Waals surface area (Å²) >= 11 is 5.84. The third-order valence-electron chi connectivity index (χ3n) is 4.69. The highest BCUT2D eigenvalue weighted by Gasteiger charge is 2.26. The Morgan fingerprint density at radius 1 is 1.27 bits per heavy atom. The molecule has 0 saturated heterocycles. The molecule has 1 aromatic heterocycles. The molecule has 0 atom stereocenters. The van der Waals surface area contributed by atoms with E-state index in [9.17, 15) is 9.59 Å². The molecule has 6 heteroatoms. The first-order valence-corrected chi connectivity index (χ1v) is 9.18. The van der Waals surface area contributed by atoms with E-state index in [0.717, 1.165) is 34.8 Å². The molecule has 2 aromatic rings. The summed E-state index contributed by atoms with van der Waals surface area (Å²) in [5.41, 5.74) is 2.09. The van der Waals surface area contributed by atoms with Crippen molar-refractivity contribution in [3.05, 3.63) is 41.7 Å². The van der Waals surface area contributed by atoms with Crippen molar-refractivity contribution in [1.29, 1.82) is 0 Å². The van der Waals surface area contributed by atoms with E-state index < -0.39 is 5.41 Å². The van der Waals surface area contributed by atoms with Crippen molar-refractivity contribution < 1.29 is 14.0 Å². The van der Waals surface area contributed by atoms with Crippen LogP contribution < -0.4 is 5.32 Å². The summed E-state index contributed by atoms with van der Waals surface area (Å²) in [4.78, 5) is 25.6. The van der Waals surface area contributed by atoms with E-state index in [1.54, 1.807) is 20.8 Å². The Labute approximate surface area is 158 Å². The zero-order chi connectivity index (χ0) is 18.9. The number of hydrogen-bond donors (Lipinski definition) is 1. The van der Waals surface area contributed by atoms with Crippen LogP contribution in [0, 0.1) is 5.41 Å². The van der Waals surface area contributed by atoms with Crippen LogP contribution in [0.2, 0.25) is 0 Å². The molecule has 1 aliphatic heterocycles. The lowest BCUT2D eigenvalue weighted by Gasteiger charge is -2.24. The summed E-state index contributed by atoms with van der Waals surface area (Å²) in [6.07, 6.45) is 0.733. The van der Waals surface area contributed by atoms with Gasteiger partial charge in [-0.05, 0) is 44.2 Å². The lowest BCUT2D eigenvalue weighted by Crippen LogP contribution is -2.33. The predicted octanol–water partition coefficient (Wildman–Crippen LogP) is 4.05. The average molecular weight is 375 g/mol. The van der Waals surface area contributed by atoms with Gasteiger partial charge in [0.1, 0.15) is 11.5 Å². The Balaban J connectivity index is 1.74. The molecule has 0 saturated carbocycles. The van der Waals surface area contributed by atoms with Gasteiger partial charge in [-0.25, -0.2) is 0 Å². The second-order valence-corrected chi connectivity index (χ2v) is 7.57. The maximum Gasteiger partial charge on any atom is 0.231 e. The quantitative estimate of drug-likeness (QED) is 0.821. The van der Waals surface area contributed by atoms with Crippen LogP contribution in [0.1, 0.15) is 32.1 Å². The minimum Gasteiger partial charge on any atom is -0.461 e. The van der Waals surface area contributed by atoms with Crippen LogP contribution in [0.25, 0.3) is 11.3 Å². The molecule has 0 fully saturated rings. The van der Waals surface area contributed by atoms with Gasteiger partial charge in [0.15, 0.2) is 0 Å². The van der Waals surface area contributed by atoms with Gasteiger partial charge < -0.3 is 14.6 Å². The molecule has 0 unspecified atom stereocenters. The number of carbonyl (C=O) groups excluding carboxylic acids is 2. The number of benzene rings is 1. The number of nitrogens with zero attached hydrogens (tertiary/aromatic N) is 1. The fraction of sp³-hybridized carbons (Fsp3) is 0.400. The van der Waals surface area contributed by atoms with Gasteiger partial charge in [0.2, 0.25) is 11.8 Å². The van der Waals surface area contributed by atoms with Crippen molar-refractivity contribution in [3.8, 4) is 11.3 Å². The number of fused-ring (bicyclic) bond motifs is 1. The Morgan fingerprint density at radius 3 is 2.58 bits per heavy atom. The lowest BCUT2D eigenvalue weighted by molar-refractivity contribution is -0.129. The third kappa shape index (κ3) is 3.78. The number of hydrogen-bond acceptors (Lipinski definition) is 3. The first-order valence-electron chi connectivity index (χ1n) is 8.65. The van der Waals surface area contributed by atoms with Crippen molar-refractivity contribution in [2.24, 2.45) is 5.41 Å². The van der Waals surface area contributed by atoms with Crippen molar-refractivity contribution in [2.45, 2.75) is 33.7 Å². The minimum atomic E-state index is -0.622. The second-order valence-electron chi connectivity index (χ2n) is 7.30. The fourth-order valence-corrected chi connectivity index (χ4v) is 2.94. The van der Waals surface area contributed by atoms with Crippen molar-refractivity contribution in [3.63, 3.8) is 0 Å². The molecule has 3 rings (SSSR count). The van der Waals surface area contributed by atoms with Gasteiger partial charge in [0, 0.05) is 49.1 Å². The highest BCUT2D eigenvalue weighted by Crippen LogP contribution is 2.30. The molecule has 2 heterocycles. The molecule has 1 aliphatic rings. The zero-order valence-corrected chi connectivity index (χ0v) is 16.0. The maximum atomic E-state index is 12.2. The standard InChI is InChI=1S/C20H23ClN2O3/c1-13(24)23-9-8-17-15(11-23)10-18(26-17)14-4-6-16(7-5-14)22-19(25)20(2,3)12-21/h4-7,10H,8-9,11-12H2,1-3H3,(H,22,25). The van der Waals surface area contributed by atoms with Crippen molar-refractivity contribution in [1.82, 2.24) is 4.90 Å². The number of halogens is 1. The Hall–Kier alpha value is -2.27. The fourth-order valence-electron chi connectivity index (χ4n) is 2.82. The van der Waals surface area contributed by atoms with Crippen molar-refractivity contribution >= 4 is 29.1 Å². The Bertz CT molecular complexity index is 824. The highest BCUT2D eigenvalue weighted by molar-refractivity contribution is 6.20. The van der Waals surface area contributed by atoms with Gasteiger partial charge in [-0.15, -0.1) is 11.6 Å². The zero-order valence-electron chi connectivity index (χ0n) is 15.3. The van der Waals surface area contributed by atoms with Crippen LogP contribution in [-0.4, -0.2) is 29.1 Å². The Kier molecular flexibility index (Phi) is 5.10. The Morgan fingerprint density at radius 2 is 1.96 bits per heavy atom. The third-order valence-corrected chi connectivity index (χ3v) is 5.36. The first kappa shape index (κ1) is 18.5. The average Bonchev–Trinajstić information content (AvgIpc) is 3.05. The van der Waals surface area contributed by atoms with Crippen LogP contribution in [0.15, 0.2) is 34.7 Å². The number of carbonyl (C=O) groups is 2. The van der Waals surface area contributed by atoms with Gasteiger partial charge >= 0.3 is 0 Å². The molecule has 1 aromatic carbocycles. The monoisotopic (exact) mass is 374 g/mol. The normalized spacial score (nSPS) is 14.1. The van der Waals surface area contributed by atoms with Gasteiger partial charge in [-0.2, -0.15) is 0 Å². The van der Waals surface area contributed by atoms with Gasteiger partial charge in [-0.1, -0.05) is 0 Å². The number of nitrogens with one attached hydrogen (secondary N) is 1. The molecule has 5 nitrogen and oxygen atoms in total. The van der Waals surface area contributed by atoms with Gasteiger partial charge in [0.25, 0.3) is 0 Å². The van der Waals surface area contributed by atoms with Crippen LogP contribution in [-0.2, 0) is 22.6 Å². The summed E-state index contributed by atoms with van der Waals surface area (Å²) in [7, 11) is 0. The topological polar surface area (TPSA) is 62.6 Å². The molecule has 0 bridgehead atoms. The van der Waals surface area contributed by atoms with Gasteiger partial charge in [0.05, 0.1) is 5.41 Å². The molecule has 138 valence electrons.